The van der Waals surface area contributed by atoms with E-state index in [9.17, 15) is 9.59 Å². The number of para-hydroxylation sites is 1. The summed E-state index contributed by atoms with van der Waals surface area (Å²) in [6, 6.07) is 22.1. The van der Waals surface area contributed by atoms with E-state index in [1.165, 1.54) is 22.5 Å². The molecule has 0 aliphatic rings. The summed E-state index contributed by atoms with van der Waals surface area (Å²) < 4.78 is 1.19. The molecule has 0 saturated heterocycles. The van der Waals surface area contributed by atoms with Gasteiger partial charge in [-0.25, -0.2) is 4.68 Å². The maximum Gasteiger partial charge on any atom is 0.267 e. The normalized spacial score (nSPS) is 10.8. The first-order valence-corrected chi connectivity index (χ1v) is 11.5. The molecular weight excluding hydrogens is 450 g/mol. The molecule has 31 heavy (non-hydrogen) atoms. The van der Waals surface area contributed by atoms with E-state index in [4.69, 9.17) is 11.6 Å². The molecule has 0 atom stereocenters. The van der Waals surface area contributed by atoms with Crippen LogP contribution in [0.3, 0.4) is 0 Å². The Hall–Kier alpha value is -2.87. The van der Waals surface area contributed by atoms with Crippen molar-refractivity contribution in [1.82, 2.24) is 9.78 Å². The van der Waals surface area contributed by atoms with Crippen LogP contribution in [0.15, 0.2) is 87.4 Å². The molecular formula is C23H18ClN3O2S2. The first-order valence-electron chi connectivity index (χ1n) is 9.45. The molecule has 1 N–H and O–H groups in total. The first-order chi connectivity index (χ1) is 15.0. The van der Waals surface area contributed by atoms with E-state index in [-0.39, 0.29) is 18.0 Å². The molecule has 0 radical (unpaired) electrons. The van der Waals surface area contributed by atoms with Crippen molar-refractivity contribution in [2.45, 2.75) is 23.3 Å². The number of aryl methyl sites for hydroxylation is 1. The van der Waals surface area contributed by atoms with E-state index in [2.05, 4.69) is 10.4 Å². The maximum atomic E-state index is 12.7. The minimum absolute atomic E-state index is 0.170. The summed E-state index contributed by atoms with van der Waals surface area (Å²) in [6.45, 7) is 1.84. The molecule has 0 bridgehead atoms. The molecule has 0 saturated carbocycles. The molecule has 8 heteroatoms. The number of benzene rings is 2. The van der Waals surface area contributed by atoms with Gasteiger partial charge in [0.15, 0.2) is 0 Å². The van der Waals surface area contributed by atoms with Crippen molar-refractivity contribution in [2.24, 2.45) is 0 Å². The van der Waals surface area contributed by atoms with Gasteiger partial charge >= 0.3 is 0 Å². The van der Waals surface area contributed by atoms with Gasteiger partial charge < -0.3 is 5.32 Å². The Morgan fingerprint density at radius 2 is 1.84 bits per heavy atom. The average Bonchev–Trinajstić information content (AvgIpc) is 3.19. The Labute approximate surface area is 192 Å². The summed E-state index contributed by atoms with van der Waals surface area (Å²) in [5.74, 6) is -0.321. The number of amides is 1. The van der Waals surface area contributed by atoms with Gasteiger partial charge in [0.05, 0.1) is 10.6 Å². The molecule has 0 aliphatic heterocycles. The highest BCUT2D eigenvalue weighted by Crippen LogP contribution is 2.34. The molecule has 156 valence electrons. The van der Waals surface area contributed by atoms with Gasteiger partial charge in [0.2, 0.25) is 5.91 Å². The van der Waals surface area contributed by atoms with Crippen molar-refractivity contribution in [2.75, 3.05) is 5.32 Å². The number of thiophene rings is 1. The van der Waals surface area contributed by atoms with Crippen molar-refractivity contribution >= 4 is 46.3 Å². The van der Waals surface area contributed by atoms with Crippen LogP contribution in [0.25, 0.3) is 10.6 Å². The number of nitrogens with zero attached hydrogens (tertiary/aromatic N) is 2. The topological polar surface area (TPSA) is 64.0 Å². The molecule has 4 rings (SSSR count). The van der Waals surface area contributed by atoms with Crippen LogP contribution in [0.1, 0.15) is 4.88 Å². The second-order valence-electron chi connectivity index (χ2n) is 6.73. The molecule has 2 aromatic carbocycles. The smallest absolute Gasteiger partial charge is 0.267 e. The lowest BCUT2D eigenvalue weighted by Gasteiger charge is -2.11. The standard InChI is InChI=1S/C23H18ClN3O2S2/c1-15-6-12-21(30-15)19-11-13-23(29)27(26-19)14-22(28)25-18-4-2-3-5-20(18)31-17-9-7-16(24)8-10-17/h2-13H,14H2,1H3,(H,25,28). The third kappa shape index (κ3) is 5.44. The third-order valence-corrected chi connectivity index (χ3v) is 6.71. The minimum Gasteiger partial charge on any atom is -0.323 e. The Morgan fingerprint density at radius 3 is 2.58 bits per heavy atom. The van der Waals surface area contributed by atoms with E-state index >= 15 is 0 Å². The lowest BCUT2D eigenvalue weighted by atomic mass is 10.3. The van der Waals surface area contributed by atoms with Crippen molar-refractivity contribution in [3.63, 3.8) is 0 Å². The third-order valence-electron chi connectivity index (χ3n) is 4.36. The molecule has 0 unspecified atom stereocenters. The van der Waals surface area contributed by atoms with Crippen LogP contribution in [0.5, 0.6) is 0 Å². The minimum atomic E-state index is -0.323. The summed E-state index contributed by atoms with van der Waals surface area (Å²) in [6.07, 6.45) is 0. The second kappa shape index (κ2) is 9.51. The lowest BCUT2D eigenvalue weighted by molar-refractivity contribution is -0.117. The van der Waals surface area contributed by atoms with Gasteiger partial charge in [-0.15, -0.1) is 11.3 Å². The summed E-state index contributed by atoms with van der Waals surface area (Å²) in [4.78, 5) is 28.9. The lowest BCUT2D eigenvalue weighted by Crippen LogP contribution is -2.29. The number of carbonyl (C=O) groups is 1. The zero-order chi connectivity index (χ0) is 21.8. The highest BCUT2D eigenvalue weighted by molar-refractivity contribution is 7.99. The largest absolute Gasteiger partial charge is 0.323 e. The Bertz CT molecular complexity index is 1280. The van der Waals surface area contributed by atoms with E-state index < -0.39 is 0 Å². The fourth-order valence-corrected chi connectivity index (χ4v) is 4.74. The maximum absolute atomic E-state index is 12.7. The number of halogens is 1. The number of anilines is 1. The summed E-state index contributed by atoms with van der Waals surface area (Å²) in [7, 11) is 0. The number of hydrogen-bond donors (Lipinski definition) is 1. The summed E-state index contributed by atoms with van der Waals surface area (Å²) in [5, 5.41) is 7.94. The van der Waals surface area contributed by atoms with Gasteiger partial charge in [0.25, 0.3) is 5.56 Å². The predicted molar refractivity (Wildman–Crippen MR) is 127 cm³/mol. The fraction of sp³-hybridized carbons (Fsp3) is 0.0870. The van der Waals surface area contributed by atoms with Crippen molar-refractivity contribution in [1.29, 1.82) is 0 Å². The molecule has 0 aliphatic carbocycles. The SMILES string of the molecule is Cc1ccc(-c2ccc(=O)n(CC(=O)Nc3ccccc3Sc3ccc(Cl)cc3)n2)s1. The molecule has 5 nitrogen and oxygen atoms in total. The Morgan fingerprint density at radius 1 is 1.06 bits per heavy atom. The van der Waals surface area contributed by atoms with Crippen molar-refractivity contribution < 1.29 is 4.79 Å². The molecule has 2 aromatic heterocycles. The number of aromatic nitrogens is 2. The van der Waals surface area contributed by atoms with Crippen LogP contribution in [0.4, 0.5) is 5.69 Å². The summed E-state index contributed by atoms with van der Waals surface area (Å²) >= 11 is 9.07. The number of nitrogens with one attached hydrogen (secondary N) is 1. The molecule has 0 spiro atoms. The van der Waals surface area contributed by atoms with Crippen LogP contribution in [-0.2, 0) is 11.3 Å². The van der Waals surface area contributed by atoms with Crippen molar-refractivity contribution in [3.05, 3.63) is 93.0 Å². The zero-order valence-electron chi connectivity index (χ0n) is 16.5. The fourth-order valence-electron chi connectivity index (χ4n) is 2.88. The van der Waals surface area contributed by atoms with Crippen LogP contribution in [0.2, 0.25) is 5.02 Å². The van der Waals surface area contributed by atoms with E-state index in [1.807, 2.05) is 67.6 Å². The second-order valence-corrected chi connectivity index (χ2v) is 9.56. The molecule has 0 fully saturated rings. The first kappa shape index (κ1) is 21.4. The number of carbonyl (C=O) groups excluding carboxylic acids is 1. The van der Waals surface area contributed by atoms with Crippen LogP contribution < -0.4 is 10.9 Å². The Balaban J connectivity index is 1.51. The molecule has 1 amide bonds. The van der Waals surface area contributed by atoms with Gasteiger partial charge in [0, 0.05) is 25.8 Å². The van der Waals surface area contributed by atoms with E-state index in [0.29, 0.717) is 16.4 Å². The van der Waals surface area contributed by atoms with Gasteiger partial charge in [-0.1, -0.05) is 35.5 Å². The van der Waals surface area contributed by atoms with Crippen LogP contribution in [0, 0.1) is 6.92 Å². The van der Waals surface area contributed by atoms with Gasteiger partial charge in [-0.3, -0.25) is 9.59 Å². The quantitative estimate of drug-likeness (QED) is 0.393. The van der Waals surface area contributed by atoms with Crippen molar-refractivity contribution in [3.8, 4) is 10.6 Å². The van der Waals surface area contributed by atoms with Gasteiger partial charge in [-0.05, 0) is 61.5 Å². The van der Waals surface area contributed by atoms with E-state index in [1.54, 1.807) is 17.4 Å². The van der Waals surface area contributed by atoms with E-state index in [0.717, 1.165) is 19.5 Å². The highest BCUT2D eigenvalue weighted by atomic mass is 35.5. The highest BCUT2D eigenvalue weighted by Gasteiger charge is 2.12. The van der Waals surface area contributed by atoms with Crippen LogP contribution in [-0.4, -0.2) is 15.7 Å². The van der Waals surface area contributed by atoms with Gasteiger partial charge in [-0.2, -0.15) is 5.10 Å². The average molecular weight is 468 g/mol. The van der Waals surface area contributed by atoms with Crippen LogP contribution >= 0.6 is 34.7 Å². The summed E-state index contributed by atoms with van der Waals surface area (Å²) in [5.41, 5.74) is 1.02. The molecule has 4 aromatic rings. The number of rotatable bonds is 6. The zero-order valence-corrected chi connectivity index (χ0v) is 18.9. The molecule has 2 heterocycles. The predicted octanol–water partition coefficient (Wildman–Crippen LogP) is 5.72. The van der Waals surface area contributed by atoms with Gasteiger partial charge in [0.1, 0.15) is 12.2 Å². The number of hydrogen-bond acceptors (Lipinski definition) is 5. The Kier molecular flexibility index (Phi) is 6.56. The monoisotopic (exact) mass is 467 g/mol.